The van der Waals surface area contributed by atoms with E-state index in [1.807, 2.05) is 34.5 Å². The van der Waals surface area contributed by atoms with Crippen molar-refractivity contribution < 1.29 is 14.3 Å². The lowest BCUT2D eigenvalue weighted by atomic mass is 10.0. The third-order valence-electron chi connectivity index (χ3n) is 5.69. The molecule has 2 N–H and O–H groups in total. The van der Waals surface area contributed by atoms with Gasteiger partial charge in [0.05, 0.1) is 12.1 Å². The maximum Gasteiger partial charge on any atom is 0.308 e. The molecular weight excluding hydrogens is 417 g/mol. The molecule has 0 bridgehead atoms. The van der Waals surface area contributed by atoms with Crippen molar-refractivity contribution in [3.05, 3.63) is 53.5 Å². The van der Waals surface area contributed by atoms with Gasteiger partial charge in [-0.15, -0.1) is 0 Å². The molecule has 5 aromatic heterocycles. The zero-order chi connectivity index (χ0) is 21.7. The lowest BCUT2D eigenvalue weighted by Crippen LogP contribution is -2.21. The molecule has 5 rings (SSSR count). The molecule has 2 atom stereocenters. The van der Waals surface area contributed by atoms with Gasteiger partial charge in [0.1, 0.15) is 17.1 Å². The van der Waals surface area contributed by atoms with E-state index in [1.165, 1.54) is 6.07 Å². The highest BCUT2D eigenvalue weighted by Crippen LogP contribution is 2.35. The lowest BCUT2D eigenvalue weighted by Gasteiger charge is -2.18. The van der Waals surface area contributed by atoms with E-state index in [4.69, 9.17) is 4.98 Å². The summed E-state index contributed by atoms with van der Waals surface area (Å²) in [6.45, 7) is 3.54. The number of carboxylic acid groups (broad SMARTS) is 1. The summed E-state index contributed by atoms with van der Waals surface area (Å²) >= 11 is 1.58. The highest BCUT2D eigenvalue weighted by molar-refractivity contribution is 7.08. The van der Waals surface area contributed by atoms with Gasteiger partial charge in [-0.3, -0.25) is 4.79 Å². The molecule has 0 aliphatic carbocycles. The van der Waals surface area contributed by atoms with Crippen molar-refractivity contribution in [3.8, 4) is 22.5 Å². The number of nitrogens with zero attached hydrogens (tertiary/aromatic N) is 4. The molecule has 0 spiro atoms. The van der Waals surface area contributed by atoms with Crippen LogP contribution in [0.5, 0.6) is 0 Å². The number of thiophene rings is 1. The van der Waals surface area contributed by atoms with Crippen LogP contribution in [0.25, 0.3) is 44.6 Å². The van der Waals surface area contributed by atoms with E-state index in [2.05, 4.69) is 15.0 Å². The highest BCUT2D eigenvalue weighted by atomic mass is 32.1. The molecular formula is C22H18FN5O2S. The fraction of sp³-hybridized carbons (Fsp3) is 0.182. The summed E-state index contributed by atoms with van der Waals surface area (Å²) in [7, 11) is 0. The molecule has 9 heteroatoms. The first kappa shape index (κ1) is 19.4. The fourth-order valence-corrected chi connectivity index (χ4v) is 4.38. The summed E-state index contributed by atoms with van der Waals surface area (Å²) in [5.41, 5.74) is 3.78. The number of pyridine rings is 1. The zero-order valence-corrected chi connectivity index (χ0v) is 17.5. The maximum absolute atomic E-state index is 13.8. The van der Waals surface area contributed by atoms with Crippen LogP contribution in [0.3, 0.4) is 0 Å². The Balaban J connectivity index is 1.74. The second-order valence-corrected chi connectivity index (χ2v) is 8.29. The average molecular weight is 435 g/mol. The minimum atomic E-state index is -0.876. The Morgan fingerprint density at radius 2 is 2.06 bits per heavy atom. The largest absolute Gasteiger partial charge is 0.481 e. The molecule has 31 heavy (non-hydrogen) atoms. The van der Waals surface area contributed by atoms with Gasteiger partial charge in [0.15, 0.2) is 5.82 Å². The number of hydrogen-bond donors (Lipinski definition) is 2. The van der Waals surface area contributed by atoms with Crippen molar-refractivity contribution >= 4 is 39.4 Å². The van der Waals surface area contributed by atoms with Gasteiger partial charge in [-0.2, -0.15) is 11.3 Å². The number of carbonyl (C=O) groups is 1. The SMILES string of the molecule is C[C@H]([C@@H](C)C(=O)O)n1cc(-c2ccsc2)c2cnc(-c3c[nH]c4ncc(F)cc34)nc21. The third-order valence-corrected chi connectivity index (χ3v) is 6.38. The van der Waals surface area contributed by atoms with Crippen molar-refractivity contribution in [1.29, 1.82) is 0 Å². The molecule has 0 aromatic carbocycles. The van der Waals surface area contributed by atoms with Crippen LogP contribution in [0.2, 0.25) is 0 Å². The average Bonchev–Trinajstić information content (AvgIpc) is 3.49. The molecule has 0 unspecified atom stereocenters. The van der Waals surface area contributed by atoms with Gasteiger partial charge in [0.2, 0.25) is 0 Å². The number of aromatic nitrogens is 5. The minimum Gasteiger partial charge on any atom is -0.481 e. The van der Waals surface area contributed by atoms with Crippen LogP contribution in [0.4, 0.5) is 4.39 Å². The maximum atomic E-state index is 13.8. The second kappa shape index (κ2) is 7.28. The van der Waals surface area contributed by atoms with E-state index in [9.17, 15) is 14.3 Å². The van der Waals surface area contributed by atoms with Crippen LogP contribution < -0.4 is 0 Å². The Morgan fingerprint density at radius 1 is 1.23 bits per heavy atom. The number of hydrogen-bond acceptors (Lipinski definition) is 5. The van der Waals surface area contributed by atoms with Crippen LogP contribution >= 0.6 is 11.3 Å². The monoisotopic (exact) mass is 435 g/mol. The number of H-pyrrole nitrogens is 1. The Labute approximate surface area is 180 Å². The summed E-state index contributed by atoms with van der Waals surface area (Å²) in [6, 6.07) is 3.07. The topological polar surface area (TPSA) is 96.7 Å². The van der Waals surface area contributed by atoms with Gasteiger partial charge in [0, 0.05) is 46.5 Å². The normalized spacial score (nSPS) is 13.6. The number of fused-ring (bicyclic) bond motifs is 2. The summed E-state index contributed by atoms with van der Waals surface area (Å²) in [5.74, 6) is -1.52. The summed E-state index contributed by atoms with van der Waals surface area (Å²) in [5, 5.41) is 15.0. The molecule has 0 radical (unpaired) electrons. The predicted octanol–water partition coefficient (Wildman–Crippen LogP) is 5.12. The van der Waals surface area contributed by atoms with Crippen LogP contribution in [-0.2, 0) is 4.79 Å². The van der Waals surface area contributed by atoms with Crippen molar-refractivity contribution in [1.82, 2.24) is 24.5 Å². The Kier molecular flexibility index (Phi) is 4.55. The Morgan fingerprint density at radius 3 is 2.81 bits per heavy atom. The molecule has 0 saturated heterocycles. The third kappa shape index (κ3) is 3.17. The van der Waals surface area contributed by atoms with Crippen molar-refractivity contribution in [2.75, 3.05) is 0 Å². The van der Waals surface area contributed by atoms with Gasteiger partial charge >= 0.3 is 5.97 Å². The number of nitrogens with one attached hydrogen (secondary N) is 1. The van der Waals surface area contributed by atoms with Gasteiger partial charge in [-0.1, -0.05) is 0 Å². The predicted molar refractivity (Wildman–Crippen MR) is 117 cm³/mol. The minimum absolute atomic E-state index is 0.336. The van der Waals surface area contributed by atoms with Crippen LogP contribution in [0.15, 0.2) is 47.7 Å². The highest BCUT2D eigenvalue weighted by Gasteiger charge is 2.25. The quantitative estimate of drug-likeness (QED) is 0.399. The molecule has 7 nitrogen and oxygen atoms in total. The van der Waals surface area contributed by atoms with Crippen LogP contribution in [0, 0.1) is 11.7 Å². The van der Waals surface area contributed by atoms with Crippen LogP contribution in [-0.4, -0.2) is 35.6 Å². The lowest BCUT2D eigenvalue weighted by molar-refractivity contribution is -0.142. The van der Waals surface area contributed by atoms with E-state index in [-0.39, 0.29) is 6.04 Å². The number of aliphatic carboxylic acids is 1. The molecule has 0 fully saturated rings. The van der Waals surface area contributed by atoms with E-state index >= 15 is 0 Å². The molecule has 156 valence electrons. The molecule has 0 amide bonds. The summed E-state index contributed by atoms with van der Waals surface area (Å²) < 4.78 is 15.7. The first-order valence-corrected chi connectivity index (χ1v) is 10.6. The van der Waals surface area contributed by atoms with E-state index in [1.54, 1.807) is 30.7 Å². The van der Waals surface area contributed by atoms with Gasteiger partial charge in [-0.05, 0) is 42.3 Å². The number of halogens is 1. The van der Waals surface area contributed by atoms with Gasteiger partial charge in [-0.25, -0.2) is 19.3 Å². The van der Waals surface area contributed by atoms with Crippen LogP contribution in [0.1, 0.15) is 19.9 Å². The molecule has 0 aliphatic rings. The van der Waals surface area contributed by atoms with Crippen molar-refractivity contribution in [2.24, 2.45) is 5.92 Å². The van der Waals surface area contributed by atoms with Gasteiger partial charge < -0.3 is 14.7 Å². The standard InChI is InChI=1S/C22H18FN5O2S/c1-11(22(29)30)12(2)28-9-18(13-3-4-31-10-13)17-8-26-20(27-21(17)28)16-7-25-19-15(16)5-14(23)6-24-19/h3-12H,1-2H3,(H,24,25)(H,29,30)/t11-,12-/m1/s1. The van der Waals surface area contributed by atoms with Crippen molar-refractivity contribution in [3.63, 3.8) is 0 Å². The molecule has 0 saturated carbocycles. The first-order valence-electron chi connectivity index (χ1n) is 9.70. The van der Waals surface area contributed by atoms with Gasteiger partial charge in [0.25, 0.3) is 0 Å². The van der Waals surface area contributed by atoms with E-state index in [0.29, 0.717) is 28.1 Å². The Hall–Kier alpha value is -3.59. The summed E-state index contributed by atoms with van der Waals surface area (Å²) in [4.78, 5) is 28.0. The Bertz CT molecular complexity index is 1420. The number of carboxylic acids is 1. The number of aromatic amines is 1. The molecule has 0 aliphatic heterocycles. The number of rotatable bonds is 5. The zero-order valence-electron chi connectivity index (χ0n) is 16.7. The first-order chi connectivity index (χ1) is 14.9. The second-order valence-electron chi connectivity index (χ2n) is 7.51. The molecule has 5 heterocycles. The molecule has 5 aromatic rings. The smallest absolute Gasteiger partial charge is 0.308 e. The van der Waals surface area contributed by atoms with Crippen molar-refractivity contribution in [2.45, 2.75) is 19.9 Å². The summed E-state index contributed by atoms with van der Waals surface area (Å²) in [6.07, 6.45) is 6.53. The van der Waals surface area contributed by atoms with E-state index in [0.717, 1.165) is 22.7 Å². The fourth-order valence-electron chi connectivity index (χ4n) is 3.73. The van der Waals surface area contributed by atoms with E-state index < -0.39 is 17.7 Å².